The number of ether oxygens (including phenoxy) is 1. The molecule has 0 bridgehead atoms. The van der Waals surface area contributed by atoms with Crippen LogP contribution in [0.1, 0.15) is 53.9 Å². The Morgan fingerprint density at radius 1 is 1.10 bits per heavy atom. The maximum atomic E-state index is 12.7. The molecular formula is C15H29NO4S. The van der Waals surface area contributed by atoms with E-state index in [9.17, 15) is 13.2 Å². The van der Waals surface area contributed by atoms with E-state index >= 15 is 0 Å². The number of nitrogens with zero attached hydrogens (tertiary/aromatic N) is 1. The molecule has 0 aromatic heterocycles. The fourth-order valence-electron chi connectivity index (χ4n) is 3.20. The zero-order valence-electron chi connectivity index (χ0n) is 13.9. The largest absolute Gasteiger partial charge is 0.372 e. The SMILES string of the molecule is CCC(CC)(CC)S(=O)(=O)CC(=O)N1C[C@H](C)O[C@@H](C)C1. The molecule has 0 aliphatic carbocycles. The zero-order chi connectivity index (χ0) is 16.3. The van der Waals surface area contributed by atoms with E-state index in [0.717, 1.165) is 0 Å². The van der Waals surface area contributed by atoms with Gasteiger partial charge in [0.15, 0.2) is 9.84 Å². The van der Waals surface area contributed by atoms with Crippen molar-refractivity contribution in [3.05, 3.63) is 0 Å². The number of carbonyl (C=O) groups excluding carboxylic acids is 1. The topological polar surface area (TPSA) is 63.7 Å². The van der Waals surface area contributed by atoms with Crippen LogP contribution < -0.4 is 0 Å². The highest BCUT2D eigenvalue weighted by Crippen LogP contribution is 2.30. The van der Waals surface area contributed by atoms with Crippen LogP contribution in [0.5, 0.6) is 0 Å². The summed E-state index contributed by atoms with van der Waals surface area (Å²) in [6.45, 7) is 10.4. The van der Waals surface area contributed by atoms with Crippen LogP contribution in [-0.2, 0) is 19.4 Å². The Kier molecular flexibility index (Phi) is 6.23. The van der Waals surface area contributed by atoms with Crippen molar-refractivity contribution in [2.45, 2.75) is 70.8 Å². The first kappa shape index (κ1) is 18.4. The molecule has 1 amide bonds. The quantitative estimate of drug-likeness (QED) is 0.751. The molecule has 1 saturated heterocycles. The van der Waals surface area contributed by atoms with Crippen molar-refractivity contribution in [3.8, 4) is 0 Å². The standard InChI is InChI=1S/C15H29NO4S/c1-6-15(7-2,8-3)21(18,19)11-14(17)16-9-12(4)20-13(5)10-16/h12-13H,6-11H2,1-5H3/t12-,13-/m0/s1. The molecule has 124 valence electrons. The van der Waals surface area contributed by atoms with Crippen molar-refractivity contribution in [2.75, 3.05) is 18.8 Å². The Hall–Kier alpha value is -0.620. The van der Waals surface area contributed by atoms with Crippen molar-refractivity contribution < 1.29 is 17.9 Å². The third kappa shape index (κ3) is 3.97. The van der Waals surface area contributed by atoms with E-state index in [1.54, 1.807) is 4.90 Å². The summed E-state index contributed by atoms with van der Waals surface area (Å²) in [4.78, 5) is 14.0. The lowest BCUT2D eigenvalue weighted by Crippen LogP contribution is -2.51. The molecule has 21 heavy (non-hydrogen) atoms. The smallest absolute Gasteiger partial charge is 0.237 e. The van der Waals surface area contributed by atoms with E-state index in [2.05, 4.69) is 0 Å². The van der Waals surface area contributed by atoms with Crippen LogP contribution in [0.25, 0.3) is 0 Å². The summed E-state index contributed by atoms with van der Waals surface area (Å²) in [5, 5.41) is 0. The summed E-state index contributed by atoms with van der Waals surface area (Å²) in [5.41, 5.74) is 0. The van der Waals surface area contributed by atoms with Gasteiger partial charge in [0.1, 0.15) is 5.75 Å². The van der Waals surface area contributed by atoms with E-state index in [1.165, 1.54) is 0 Å². The zero-order valence-corrected chi connectivity index (χ0v) is 14.7. The normalized spacial score (nSPS) is 24.1. The Morgan fingerprint density at radius 3 is 1.90 bits per heavy atom. The number of amides is 1. The number of hydrogen-bond donors (Lipinski definition) is 0. The van der Waals surface area contributed by atoms with Gasteiger partial charge in [0, 0.05) is 13.1 Å². The molecule has 6 heteroatoms. The molecule has 5 nitrogen and oxygen atoms in total. The van der Waals surface area contributed by atoms with Crippen LogP contribution in [0.4, 0.5) is 0 Å². The first-order valence-corrected chi connectivity index (χ1v) is 9.52. The minimum Gasteiger partial charge on any atom is -0.372 e. The van der Waals surface area contributed by atoms with E-state index in [1.807, 2.05) is 34.6 Å². The van der Waals surface area contributed by atoms with E-state index in [4.69, 9.17) is 4.74 Å². The lowest BCUT2D eigenvalue weighted by atomic mass is 9.99. The van der Waals surface area contributed by atoms with Crippen LogP contribution in [-0.4, -0.2) is 55.0 Å². The van der Waals surface area contributed by atoms with E-state index in [0.29, 0.717) is 32.4 Å². The molecule has 1 rings (SSSR count). The highest BCUT2D eigenvalue weighted by atomic mass is 32.2. The molecule has 1 aliphatic rings. The summed E-state index contributed by atoms with van der Waals surface area (Å²) in [5.74, 6) is -0.682. The number of sulfone groups is 1. The maximum Gasteiger partial charge on any atom is 0.237 e. The molecule has 1 heterocycles. The predicted octanol–water partition coefficient (Wildman–Crippen LogP) is 2.01. The summed E-state index contributed by atoms with van der Waals surface area (Å²) < 4.78 is 30.2. The number of rotatable bonds is 6. The molecular weight excluding hydrogens is 290 g/mol. The number of hydrogen-bond acceptors (Lipinski definition) is 4. The Morgan fingerprint density at radius 2 is 1.52 bits per heavy atom. The summed E-state index contributed by atoms with van der Waals surface area (Å²) in [7, 11) is -3.45. The van der Waals surface area contributed by atoms with Gasteiger partial charge >= 0.3 is 0 Å². The highest BCUT2D eigenvalue weighted by molar-refractivity contribution is 7.93. The average molecular weight is 319 g/mol. The second kappa shape index (κ2) is 7.09. The second-order valence-corrected chi connectivity index (χ2v) is 8.44. The molecule has 1 fully saturated rings. The van der Waals surface area contributed by atoms with Gasteiger partial charge in [-0.25, -0.2) is 8.42 Å². The van der Waals surface area contributed by atoms with Gasteiger partial charge in [-0.2, -0.15) is 0 Å². The Balaban J connectivity index is 2.86. The predicted molar refractivity (Wildman–Crippen MR) is 84.0 cm³/mol. The van der Waals surface area contributed by atoms with Crippen LogP contribution in [0.2, 0.25) is 0 Å². The van der Waals surface area contributed by atoms with Crippen LogP contribution in [0.15, 0.2) is 0 Å². The van der Waals surface area contributed by atoms with Gasteiger partial charge in [0.25, 0.3) is 0 Å². The molecule has 0 aromatic carbocycles. The molecule has 0 aromatic rings. The summed E-state index contributed by atoms with van der Waals surface area (Å²) in [6.07, 6.45) is 1.55. The third-order valence-electron chi connectivity index (χ3n) is 4.68. The van der Waals surface area contributed by atoms with E-state index in [-0.39, 0.29) is 23.9 Å². The third-order valence-corrected chi connectivity index (χ3v) is 7.49. The minimum atomic E-state index is -3.45. The summed E-state index contributed by atoms with van der Waals surface area (Å²) in [6, 6.07) is 0. The van der Waals surface area contributed by atoms with Gasteiger partial charge in [-0.15, -0.1) is 0 Å². The van der Waals surface area contributed by atoms with Crippen LogP contribution in [0, 0.1) is 0 Å². The van der Waals surface area contributed by atoms with Crippen LogP contribution in [0.3, 0.4) is 0 Å². The summed E-state index contributed by atoms with van der Waals surface area (Å²) >= 11 is 0. The lowest BCUT2D eigenvalue weighted by molar-refractivity contribution is -0.140. The molecule has 0 saturated carbocycles. The molecule has 2 atom stereocenters. The van der Waals surface area contributed by atoms with Gasteiger partial charge in [-0.3, -0.25) is 4.79 Å². The van der Waals surface area contributed by atoms with E-state index < -0.39 is 14.6 Å². The van der Waals surface area contributed by atoms with Gasteiger partial charge in [-0.1, -0.05) is 20.8 Å². The number of morpholine rings is 1. The first-order chi connectivity index (χ1) is 9.71. The Bertz CT molecular complexity index is 438. The van der Waals surface area contributed by atoms with Crippen molar-refractivity contribution in [3.63, 3.8) is 0 Å². The maximum absolute atomic E-state index is 12.7. The fourth-order valence-corrected chi connectivity index (χ4v) is 5.33. The molecule has 0 spiro atoms. The Labute approximate surface area is 129 Å². The second-order valence-electron chi connectivity index (χ2n) is 6.06. The first-order valence-electron chi connectivity index (χ1n) is 7.86. The highest BCUT2D eigenvalue weighted by Gasteiger charge is 2.41. The van der Waals surface area contributed by atoms with Crippen molar-refractivity contribution in [1.82, 2.24) is 4.90 Å². The molecule has 0 unspecified atom stereocenters. The van der Waals surface area contributed by atoms with Crippen LogP contribution >= 0.6 is 0 Å². The van der Waals surface area contributed by atoms with Gasteiger partial charge in [0.2, 0.25) is 5.91 Å². The van der Waals surface area contributed by atoms with Gasteiger partial charge in [0.05, 0.1) is 17.0 Å². The van der Waals surface area contributed by atoms with Gasteiger partial charge < -0.3 is 9.64 Å². The minimum absolute atomic E-state index is 0.0475. The molecule has 1 aliphatic heterocycles. The lowest BCUT2D eigenvalue weighted by Gasteiger charge is -2.36. The van der Waals surface area contributed by atoms with Crippen molar-refractivity contribution >= 4 is 15.7 Å². The fraction of sp³-hybridized carbons (Fsp3) is 0.933. The van der Waals surface area contributed by atoms with Gasteiger partial charge in [-0.05, 0) is 33.1 Å². The molecule has 0 radical (unpaired) electrons. The number of carbonyl (C=O) groups is 1. The van der Waals surface area contributed by atoms with Crippen molar-refractivity contribution in [1.29, 1.82) is 0 Å². The monoisotopic (exact) mass is 319 g/mol. The average Bonchev–Trinajstić information content (AvgIpc) is 2.39. The van der Waals surface area contributed by atoms with Crippen molar-refractivity contribution in [2.24, 2.45) is 0 Å². The molecule has 0 N–H and O–H groups in total.